The second kappa shape index (κ2) is 9.66. The van der Waals surface area contributed by atoms with Crippen LogP contribution in [-0.4, -0.2) is 62.6 Å². The number of alkyl carbamates (subject to hydrolysis) is 1. The van der Waals surface area contributed by atoms with Gasteiger partial charge in [0.2, 0.25) is 0 Å². The summed E-state index contributed by atoms with van der Waals surface area (Å²) in [5.74, 6) is 0.0141. The third-order valence-corrected chi connectivity index (χ3v) is 6.49. The molecule has 1 fully saturated rings. The van der Waals surface area contributed by atoms with E-state index in [-0.39, 0.29) is 24.0 Å². The smallest absolute Gasteiger partial charge is 0.410 e. The summed E-state index contributed by atoms with van der Waals surface area (Å²) in [6.45, 7) is 7.62. The second-order valence-electron chi connectivity index (χ2n) is 10.3. The Morgan fingerprint density at radius 1 is 1.06 bits per heavy atom. The van der Waals surface area contributed by atoms with E-state index in [0.29, 0.717) is 32.7 Å². The zero-order valence-electron chi connectivity index (χ0n) is 20.4. The van der Waals surface area contributed by atoms with E-state index in [9.17, 15) is 9.59 Å². The molecule has 0 radical (unpaired) electrons. The maximum absolute atomic E-state index is 12.7. The van der Waals surface area contributed by atoms with Crippen molar-refractivity contribution in [1.82, 2.24) is 10.2 Å². The average Bonchev–Trinajstić information content (AvgIpc) is 3.36. The van der Waals surface area contributed by atoms with Gasteiger partial charge in [0.05, 0.1) is 6.61 Å². The lowest BCUT2D eigenvalue weighted by molar-refractivity contribution is 0.0237. The Balaban J connectivity index is 1.35. The van der Waals surface area contributed by atoms with Crippen LogP contribution in [0.15, 0.2) is 48.5 Å². The molecule has 1 heterocycles. The number of rotatable bonds is 6. The minimum Gasteiger partial charge on any atom is -0.449 e. The van der Waals surface area contributed by atoms with E-state index in [1.165, 1.54) is 22.3 Å². The molecule has 0 saturated carbocycles. The van der Waals surface area contributed by atoms with Gasteiger partial charge in [-0.05, 0) is 49.4 Å². The molecular weight excluding hydrogens is 432 g/mol. The van der Waals surface area contributed by atoms with Gasteiger partial charge in [0.15, 0.2) is 0 Å². The zero-order valence-corrected chi connectivity index (χ0v) is 20.4. The lowest BCUT2D eigenvalue weighted by Gasteiger charge is -2.29. The highest BCUT2D eigenvalue weighted by molar-refractivity contribution is 5.79. The molecule has 1 saturated heterocycles. The topological polar surface area (TPSA) is 77.1 Å². The average molecular weight is 467 g/mol. The number of likely N-dealkylation sites (tertiary alicyclic amines) is 1. The molecule has 34 heavy (non-hydrogen) atoms. The van der Waals surface area contributed by atoms with Gasteiger partial charge < -0.3 is 24.4 Å². The van der Waals surface area contributed by atoms with Crippen LogP contribution in [0.4, 0.5) is 9.59 Å². The van der Waals surface area contributed by atoms with E-state index in [1.54, 1.807) is 12.0 Å². The molecular formula is C27H34N2O5. The van der Waals surface area contributed by atoms with Crippen LogP contribution in [-0.2, 0) is 14.2 Å². The molecule has 0 aromatic heterocycles. The molecule has 2 amide bonds. The molecule has 1 N–H and O–H groups in total. The Kier molecular flexibility index (Phi) is 6.84. The maximum Gasteiger partial charge on any atom is 0.410 e. The fraction of sp³-hybridized carbons (Fsp3) is 0.481. The van der Waals surface area contributed by atoms with Crippen LogP contribution < -0.4 is 5.32 Å². The van der Waals surface area contributed by atoms with Crippen molar-refractivity contribution in [3.8, 4) is 11.1 Å². The van der Waals surface area contributed by atoms with Crippen molar-refractivity contribution in [3.63, 3.8) is 0 Å². The highest BCUT2D eigenvalue weighted by Gasteiger charge is 2.42. The lowest BCUT2D eigenvalue weighted by atomic mass is 9.88. The predicted molar refractivity (Wildman–Crippen MR) is 130 cm³/mol. The molecule has 2 aliphatic rings. The fourth-order valence-electron chi connectivity index (χ4n) is 4.95. The van der Waals surface area contributed by atoms with Crippen molar-refractivity contribution >= 4 is 12.2 Å². The van der Waals surface area contributed by atoms with Crippen LogP contribution in [0.3, 0.4) is 0 Å². The molecule has 0 bridgehead atoms. The number of benzene rings is 2. The predicted octanol–water partition coefficient (Wildman–Crippen LogP) is 4.80. The van der Waals surface area contributed by atoms with Crippen LogP contribution in [0.5, 0.6) is 0 Å². The van der Waals surface area contributed by atoms with Crippen molar-refractivity contribution < 1.29 is 23.8 Å². The van der Waals surface area contributed by atoms with Crippen molar-refractivity contribution in [3.05, 3.63) is 59.7 Å². The fourth-order valence-corrected chi connectivity index (χ4v) is 4.95. The van der Waals surface area contributed by atoms with Crippen LogP contribution in [0, 0.1) is 5.41 Å². The van der Waals surface area contributed by atoms with E-state index < -0.39 is 11.7 Å². The largest absolute Gasteiger partial charge is 0.449 e. The first-order chi connectivity index (χ1) is 16.2. The number of carbonyl (C=O) groups is 2. The van der Waals surface area contributed by atoms with Gasteiger partial charge in [0.1, 0.15) is 12.2 Å². The number of nitrogens with one attached hydrogen (secondary N) is 1. The van der Waals surface area contributed by atoms with Crippen LogP contribution in [0.2, 0.25) is 0 Å². The first-order valence-corrected chi connectivity index (χ1v) is 11.8. The van der Waals surface area contributed by atoms with E-state index in [2.05, 4.69) is 29.6 Å². The summed E-state index contributed by atoms with van der Waals surface area (Å²) in [6, 6.07) is 16.5. The molecule has 1 aliphatic heterocycles. The SMILES string of the molecule is COC[C@@]1(CNC(=O)OCC2c3ccccc3-c3ccccc32)CCN(C(=O)OC(C)(C)C)C1. The Labute approximate surface area is 201 Å². The minimum absolute atomic E-state index is 0.0141. The van der Waals surface area contributed by atoms with Gasteiger partial charge in [0.25, 0.3) is 0 Å². The monoisotopic (exact) mass is 466 g/mol. The normalized spacial score (nSPS) is 19.5. The van der Waals surface area contributed by atoms with Gasteiger partial charge in [-0.1, -0.05) is 48.5 Å². The third kappa shape index (κ3) is 5.20. The van der Waals surface area contributed by atoms with Crippen molar-refractivity contribution in [2.75, 3.05) is 40.0 Å². The van der Waals surface area contributed by atoms with Gasteiger partial charge in [-0.3, -0.25) is 0 Å². The Bertz CT molecular complexity index is 1000. The summed E-state index contributed by atoms with van der Waals surface area (Å²) in [6.07, 6.45) is -0.0938. The highest BCUT2D eigenvalue weighted by Crippen LogP contribution is 2.44. The lowest BCUT2D eigenvalue weighted by Crippen LogP contribution is -2.44. The molecule has 182 valence electrons. The van der Waals surface area contributed by atoms with E-state index in [0.717, 1.165) is 0 Å². The Morgan fingerprint density at radius 2 is 1.68 bits per heavy atom. The number of ether oxygens (including phenoxy) is 3. The van der Waals surface area contributed by atoms with Gasteiger partial charge in [-0.15, -0.1) is 0 Å². The van der Waals surface area contributed by atoms with E-state index >= 15 is 0 Å². The molecule has 0 spiro atoms. The van der Waals surface area contributed by atoms with Crippen molar-refractivity contribution in [1.29, 1.82) is 0 Å². The molecule has 4 rings (SSSR count). The minimum atomic E-state index is -0.552. The summed E-state index contributed by atoms with van der Waals surface area (Å²) in [7, 11) is 1.63. The number of amides is 2. The van der Waals surface area contributed by atoms with E-state index in [1.807, 2.05) is 45.0 Å². The third-order valence-electron chi connectivity index (χ3n) is 6.49. The molecule has 7 nitrogen and oxygen atoms in total. The first-order valence-electron chi connectivity index (χ1n) is 11.8. The summed E-state index contributed by atoms with van der Waals surface area (Å²) in [5.41, 5.74) is 3.81. The zero-order chi connectivity index (χ0) is 24.3. The highest BCUT2D eigenvalue weighted by atomic mass is 16.6. The van der Waals surface area contributed by atoms with Crippen molar-refractivity contribution in [2.24, 2.45) is 5.41 Å². The van der Waals surface area contributed by atoms with Gasteiger partial charge >= 0.3 is 12.2 Å². The standard InChI is InChI=1S/C27H34N2O5/c1-26(2,3)34-25(31)29-14-13-27(17-29,18-32-4)16-28-24(30)33-15-23-21-11-7-5-9-19(21)20-10-6-8-12-22(20)23/h5-12,23H,13-18H2,1-4H3,(H,28,30)/t27-/m1/s1. The van der Waals surface area contributed by atoms with Crippen LogP contribution in [0.1, 0.15) is 44.2 Å². The number of hydrogen-bond acceptors (Lipinski definition) is 5. The summed E-state index contributed by atoms with van der Waals surface area (Å²) < 4.78 is 16.6. The molecule has 7 heteroatoms. The van der Waals surface area contributed by atoms with Gasteiger partial charge in [0, 0.05) is 38.1 Å². The first kappa shape index (κ1) is 24.1. The molecule has 2 aromatic rings. The number of fused-ring (bicyclic) bond motifs is 3. The van der Waals surface area contributed by atoms with E-state index in [4.69, 9.17) is 14.2 Å². The summed E-state index contributed by atoms with van der Waals surface area (Å²) in [5, 5.41) is 2.91. The molecule has 1 atom stereocenters. The Morgan fingerprint density at radius 3 is 2.26 bits per heavy atom. The summed E-state index contributed by atoms with van der Waals surface area (Å²) in [4.78, 5) is 26.8. The summed E-state index contributed by atoms with van der Waals surface area (Å²) >= 11 is 0. The maximum atomic E-state index is 12.7. The van der Waals surface area contributed by atoms with Gasteiger partial charge in [-0.2, -0.15) is 0 Å². The number of hydrogen-bond donors (Lipinski definition) is 1. The second-order valence-corrected chi connectivity index (χ2v) is 10.3. The molecule has 2 aromatic carbocycles. The Hall–Kier alpha value is -3.06. The van der Waals surface area contributed by atoms with Crippen LogP contribution in [0.25, 0.3) is 11.1 Å². The van der Waals surface area contributed by atoms with Crippen LogP contribution >= 0.6 is 0 Å². The molecule has 0 unspecified atom stereocenters. The van der Waals surface area contributed by atoms with Gasteiger partial charge in [-0.25, -0.2) is 9.59 Å². The number of methoxy groups -OCH3 is 1. The number of carbonyl (C=O) groups excluding carboxylic acids is 2. The number of nitrogens with zero attached hydrogens (tertiary/aromatic N) is 1. The molecule has 1 aliphatic carbocycles. The quantitative estimate of drug-likeness (QED) is 0.662. The van der Waals surface area contributed by atoms with Crippen molar-refractivity contribution in [2.45, 2.75) is 38.7 Å².